The van der Waals surface area contributed by atoms with Crippen molar-refractivity contribution >= 4 is 67.4 Å². The van der Waals surface area contributed by atoms with Gasteiger partial charge in [-0.2, -0.15) is 5.10 Å². The summed E-state index contributed by atoms with van der Waals surface area (Å²) in [5.41, 5.74) is 0.845. The number of hydrazone groups is 1. The number of carbonyl (C=O) groups excluding carboxylic acids is 2. The van der Waals surface area contributed by atoms with Gasteiger partial charge in [0, 0.05) is 19.9 Å². The second-order valence-electron chi connectivity index (χ2n) is 4.65. The summed E-state index contributed by atoms with van der Waals surface area (Å²) < 4.78 is 0.822. The predicted octanol–water partition coefficient (Wildman–Crippen LogP) is 3.15. The molecule has 1 aliphatic rings. The van der Waals surface area contributed by atoms with Crippen molar-refractivity contribution in [3.8, 4) is 0 Å². The van der Waals surface area contributed by atoms with Crippen molar-refractivity contribution in [2.45, 2.75) is 12.8 Å². The molecule has 1 N–H and O–H groups in total. The standard InChI is InChI=1S/C13H10Cl2N4O2S/c1-19-9(20)5-3-7(18-19)12(21)17-13-16-11-8(22-13)4-2-6(14)10(11)15/h2,4H,3,5H2,1H3,(H,16,17,21). The van der Waals surface area contributed by atoms with Gasteiger partial charge in [-0.05, 0) is 12.1 Å². The van der Waals surface area contributed by atoms with Gasteiger partial charge >= 0.3 is 0 Å². The Morgan fingerprint density at radius 3 is 2.86 bits per heavy atom. The van der Waals surface area contributed by atoms with E-state index in [0.29, 0.717) is 32.8 Å². The van der Waals surface area contributed by atoms with Crippen molar-refractivity contribution in [1.29, 1.82) is 0 Å². The first kappa shape index (κ1) is 15.2. The zero-order chi connectivity index (χ0) is 15.9. The Morgan fingerprint density at radius 1 is 1.36 bits per heavy atom. The van der Waals surface area contributed by atoms with Crippen LogP contribution in [0.5, 0.6) is 0 Å². The van der Waals surface area contributed by atoms with Crippen LogP contribution in [0.15, 0.2) is 17.2 Å². The Morgan fingerprint density at radius 2 is 2.14 bits per heavy atom. The number of thiazole rings is 1. The lowest BCUT2D eigenvalue weighted by Gasteiger charge is -2.18. The number of carbonyl (C=O) groups is 2. The van der Waals surface area contributed by atoms with E-state index in [2.05, 4.69) is 15.4 Å². The molecule has 2 amide bonds. The van der Waals surface area contributed by atoms with Gasteiger partial charge in [0.25, 0.3) is 5.91 Å². The minimum absolute atomic E-state index is 0.113. The molecule has 0 radical (unpaired) electrons. The van der Waals surface area contributed by atoms with Crippen LogP contribution in [-0.2, 0) is 9.59 Å². The molecule has 2 aromatic rings. The number of nitrogens with zero attached hydrogens (tertiary/aromatic N) is 3. The van der Waals surface area contributed by atoms with Gasteiger partial charge in [-0.25, -0.2) is 9.99 Å². The normalized spacial score (nSPS) is 15.1. The number of nitrogens with one attached hydrogen (secondary N) is 1. The summed E-state index contributed by atoms with van der Waals surface area (Å²) in [7, 11) is 1.52. The van der Waals surface area contributed by atoms with E-state index in [1.165, 1.54) is 23.4 Å². The lowest BCUT2D eigenvalue weighted by molar-refractivity contribution is -0.130. The van der Waals surface area contributed by atoms with Crippen molar-refractivity contribution in [1.82, 2.24) is 9.99 Å². The molecule has 1 aliphatic heterocycles. The Balaban J connectivity index is 1.84. The summed E-state index contributed by atoms with van der Waals surface area (Å²) in [6.45, 7) is 0. The number of amides is 2. The van der Waals surface area contributed by atoms with E-state index < -0.39 is 0 Å². The molecule has 1 aromatic heterocycles. The third kappa shape index (κ3) is 2.79. The lowest BCUT2D eigenvalue weighted by Crippen LogP contribution is -2.34. The quantitative estimate of drug-likeness (QED) is 0.897. The molecule has 0 fully saturated rings. The molecule has 6 nitrogen and oxygen atoms in total. The van der Waals surface area contributed by atoms with Gasteiger partial charge < -0.3 is 0 Å². The third-order valence-electron chi connectivity index (χ3n) is 3.14. The van der Waals surface area contributed by atoms with E-state index in [9.17, 15) is 9.59 Å². The van der Waals surface area contributed by atoms with Gasteiger partial charge in [0.1, 0.15) is 11.2 Å². The van der Waals surface area contributed by atoms with E-state index in [0.717, 1.165) is 4.70 Å². The monoisotopic (exact) mass is 356 g/mol. The van der Waals surface area contributed by atoms with Crippen LogP contribution in [-0.4, -0.2) is 34.6 Å². The Bertz CT molecular complexity index is 818. The van der Waals surface area contributed by atoms with Crippen LogP contribution < -0.4 is 5.32 Å². The minimum atomic E-state index is -0.374. The third-order valence-corrected chi connectivity index (χ3v) is 4.87. The Kier molecular flexibility index (Phi) is 4.03. The molecule has 9 heteroatoms. The largest absolute Gasteiger partial charge is 0.297 e. The summed E-state index contributed by atoms with van der Waals surface area (Å²) in [5.74, 6) is -0.487. The van der Waals surface area contributed by atoms with Gasteiger partial charge in [0.05, 0.1) is 14.7 Å². The molecule has 0 saturated carbocycles. The van der Waals surface area contributed by atoms with Crippen LogP contribution in [0.25, 0.3) is 10.2 Å². The summed E-state index contributed by atoms with van der Waals surface area (Å²) in [6.07, 6.45) is 0.580. The summed E-state index contributed by atoms with van der Waals surface area (Å²) in [5, 5.41) is 9.00. The highest BCUT2D eigenvalue weighted by atomic mass is 35.5. The maximum Gasteiger partial charge on any atom is 0.273 e. The number of aromatic nitrogens is 1. The Labute approximate surface area is 139 Å². The molecule has 0 unspecified atom stereocenters. The molecule has 0 atom stereocenters. The molecule has 114 valence electrons. The number of rotatable bonds is 2. The van der Waals surface area contributed by atoms with Crippen LogP contribution in [0.1, 0.15) is 12.8 Å². The Hall–Kier alpha value is -1.70. The van der Waals surface area contributed by atoms with Gasteiger partial charge in [-0.3, -0.25) is 14.9 Å². The first-order chi connectivity index (χ1) is 10.5. The fraction of sp³-hybridized carbons (Fsp3) is 0.231. The lowest BCUT2D eigenvalue weighted by atomic mass is 10.1. The molecule has 0 aliphatic carbocycles. The van der Waals surface area contributed by atoms with E-state index in [1.807, 2.05) is 0 Å². The number of benzene rings is 1. The van der Waals surface area contributed by atoms with Crippen LogP contribution in [0.2, 0.25) is 10.0 Å². The molecule has 3 rings (SSSR count). The van der Waals surface area contributed by atoms with Gasteiger partial charge in [0.2, 0.25) is 5.91 Å². The molecule has 0 bridgehead atoms. The number of fused-ring (bicyclic) bond motifs is 1. The zero-order valence-electron chi connectivity index (χ0n) is 11.4. The number of hydrogen-bond acceptors (Lipinski definition) is 5. The molecular formula is C13H10Cl2N4O2S. The average Bonchev–Trinajstić information content (AvgIpc) is 2.89. The van der Waals surface area contributed by atoms with E-state index in [1.54, 1.807) is 12.1 Å². The van der Waals surface area contributed by atoms with Gasteiger partial charge in [-0.1, -0.05) is 34.5 Å². The predicted molar refractivity (Wildman–Crippen MR) is 87.7 cm³/mol. The summed E-state index contributed by atoms with van der Waals surface area (Å²) >= 11 is 13.3. The SMILES string of the molecule is CN1N=C(C(=O)Nc2nc3c(Cl)c(Cl)ccc3s2)CCC1=O. The topological polar surface area (TPSA) is 74.7 Å². The van der Waals surface area contributed by atoms with Gasteiger partial charge in [0.15, 0.2) is 5.13 Å². The number of hydrogen-bond donors (Lipinski definition) is 1. The first-order valence-electron chi connectivity index (χ1n) is 6.35. The summed E-state index contributed by atoms with van der Waals surface area (Å²) in [6, 6.07) is 3.48. The second-order valence-corrected chi connectivity index (χ2v) is 6.46. The highest BCUT2D eigenvalue weighted by molar-refractivity contribution is 7.22. The molecular weight excluding hydrogens is 347 g/mol. The van der Waals surface area contributed by atoms with Gasteiger partial charge in [-0.15, -0.1) is 0 Å². The second kappa shape index (κ2) is 5.83. The van der Waals surface area contributed by atoms with Crippen molar-refractivity contribution in [2.24, 2.45) is 5.10 Å². The van der Waals surface area contributed by atoms with Crippen LogP contribution in [0.4, 0.5) is 5.13 Å². The molecule has 0 spiro atoms. The van der Waals surface area contributed by atoms with Crippen LogP contribution in [0.3, 0.4) is 0 Å². The highest BCUT2D eigenvalue weighted by Gasteiger charge is 2.23. The highest BCUT2D eigenvalue weighted by Crippen LogP contribution is 2.35. The van der Waals surface area contributed by atoms with E-state index in [-0.39, 0.29) is 18.2 Å². The molecule has 2 heterocycles. The van der Waals surface area contributed by atoms with E-state index in [4.69, 9.17) is 23.2 Å². The number of halogens is 2. The zero-order valence-corrected chi connectivity index (χ0v) is 13.7. The van der Waals surface area contributed by atoms with Crippen LogP contribution in [0, 0.1) is 0 Å². The summed E-state index contributed by atoms with van der Waals surface area (Å²) in [4.78, 5) is 27.8. The number of anilines is 1. The fourth-order valence-corrected chi connectivity index (χ4v) is 3.28. The van der Waals surface area contributed by atoms with Crippen LogP contribution >= 0.6 is 34.5 Å². The van der Waals surface area contributed by atoms with Crippen molar-refractivity contribution in [3.63, 3.8) is 0 Å². The smallest absolute Gasteiger partial charge is 0.273 e. The minimum Gasteiger partial charge on any atom is -0.297 e. The van der Waals surface area contributed by atoms with Crippen molar-refractivity contribution in [2.75, 3.05) is 12.4 Å². The van der Waals surface area contributed by atoms with Crippen molar-refractivity contribution < 1.29 is 9.59 Å². The van der Waals surface area contributed by atoms with Crippen molar-refractivity contribution in [3.05, 3.63) is 22.2 Å². The maximum absolute atomic E-state index is 12.2. The molecule has 0 saturated heterocycles. The average molecular weight is 357 g/mol. The maximum atomic E-state index is 12.2. The fourth-order valence-electron chi connectivity index (χ4n) is 1.99. The molecule has 1 aromatic carbocycles. The first-order valence-corrected chi connectivity index (χ1v) is 7.93. The molecule has 22 heavy (non-hydrogen) atoms. The van der Waals surface area contributed by atoms with E-state index >= 15 is 0 Å².